The molecule has 0 saturated heterocycles. The highest BCUT2D eigenvalue weighted by Gasteiger charge is 2.11. The topological polar surface area (TPSA) is 66.6 Å². The number of rotatable bonds is 5. The fraction of sp³-hybridized carbons (Fsp3) is 0.0370. The minimum Gasteiger partial charge on any atom is -0.507 e. The van der Waals surface area contributed by atoms with Crippen molar-refractivity contribution >= 4 is 33.8 Å². The minimum atomic E-state index is -0.459. The number of phenolic OH excluding ortho intramolecular Hbond substituents is 1. The van der Waals surface area contributed by atoms with Crippen LogP contribution in [0.15, 0.2) is 102 Å². The van der Waals surface area contributed by atoms with Crippen molar-refractivity contribution < 1.29 is 9.90 Å². The molecule has 0 saturated carbocycles. The smallest absolute Gasteiger partial charge is 0.275 e. The second-order valence-corrected chi connectivity index (χ2v) is 7.58. The van der Waals surface area contributed by atoms with Crippen LogP contribution in [0.1, 0.15) is 21.5 Å². The molecule has 5 rings (SSSR count). The summed E-state index contributed by atoms with van der Waals surface area (Å²) in [5.74, 6) is -0.536. The zero-order valence-corrected chi connectivity index (χ0v) is 17.3. The number of nitrogens with one attached hydrogen (secondary N) is 1. The van der Waals surface area contributed by atoms with Crippen molar-refractivity contribution in [1.82, 2.24) is 9.99 Å². The molecule has 1 aromatic heterocycles. The summed E-state index contributed by atoms with van der Waals surface area (Å²) in [6.07, 6.45) is 3.68. The maximum Gasteiger partial charge on any atom is 0.275 e. The lowest BCUT2D eigenvalue weighted by atomic mass is 10.0. The number of hydrogen-bond acceptors (Lipinski definition) is 3. The van der Waals surface area contributed by atoms with Crippen molar-refractivity contribution in [1.29, 1.82) is 0 Å². The molecule has 2 N–H and O–H groups in total. The Kier molecular flexibility index (Phi) is 5.14. The Balaban J connectivity index is 1.45. The maximum atomic E-state index is 12.3. The molecule has 5 heteroatoms. The van der Waals surface area contributed by atoms with Crippen molar-refractivity contribution in [2.75, 3.05) is 0 Å². The van der Waals surface area contributed by atoms with Crippen LogP contribution in [-0.4, -0.2) is 21.8 Å². The first kappa shape index (κ1) is 19.6. The fourth-order valence-corrected chi connectivity index (χ4v) is 4.01. The minimum absolute atomic E-state index is 0.0770. The first-order valence-corrected chi connectivity index (χ1v) is 10.4. The predicted octanol–water partition coefficient (Wildman–Crippen LogP) is 5.31. The number of nitrogens with zero attached hydrogens (tertiary/aromatic N) is 2. The van der Waals surface area contributed by atoms with Crippen LogP contribution < -0.4 is 5.43 Å². The van der Waals surface area contributed by atoms with Gasteiger partial charge in [0.25, 0.3) is 5.91 Å². The molecule has 0 aliphatic rings. The first-order valence-electron chi connectivity index (χ1n) is 10.4. The Hall–Kier alpha value is -4.38. The standard InChI is InChI=1S/C27H21N3O2/c31-26-15-6-4-13-24(26)27(32)29-28-16-21-18-30(25-14-5-3-12-23(21)25)17-20-10-7-9-19-8-1-2-11-22(19)20/h1-16,18,31H,17H2,(H,29,32)/b28-16-. The molecule has 0 aliphatic carbocycles. The Morgan fingerprint density at radius 3 is 2.47 bits per heavy atom. The van der Waals surface area contributed by atoms with Gasteiger partial charge in [0, 0.05) is 29.2 Å². The second-order valence-electron chi connectivity index (χ2n) is 7.58. The van der Waals surface area contributed by atoms with E-state index in [1.165, 1.54) is 22.4 Å². The summed E-state index contributed by atoms with van der Waals surface area (Å²) in [6.45, 7) is 0.722. The summed E-state index contributed by atoms with van der Waals surface area (Å²) in [4.78, 5) is 12.3. The van der Waals surface area contributed by atoms with Gasteiger partial charge in [-0.15, -0.1) is 0 Å². The molecule has 0 spiro atoms. The monoisotopic (exact) mass is 419 g/mol. The summed E-state index contributed by atoms with van der Waals surface area (Å²) in [7, 11) is 0. The van der Waals surface area contributed by atoms with Gasteiger partial charge in [-0.05, 0) is 34.5 Å². The Morgan fingerprint density at radius 2 is 1.59 bits per heavy atom. The van der Waals surface area contributed by atoms with E-state index in [2.05, 4.69) is 63.6 Å². The maximum absolute atomic E-state index is 12.3. The van der Waals surface area contributed by atoms with E-state index in [0.717, 1.165) is 23.0 Å². The zero-order valence-electron chi connectivity index (χ0n) is 17.3. The van der Waals surface area contributed by atoms with E-state index in [1.807, 2.05) is 24.4 Å². The van der Waals surface area contributed by atoms with Gasteiger partial charge in [-0.2, -0.15) is 5.10 Å². The van der Waals surface area contributed by atoms with E-state index in [0.29, 0.717) is 0 Å². The van der Waals surface area contributed by atoms with Gasteiger partial charge in [0.15, 0.2) is 0 Å². The summed E-state index contributed by atoms with van der Waals surface area (Å²) in [6, 6.07) is 29.3. The van der Waals surface area contributed by atoms with E-state index in [4.69, 9.17) is 0 Å². The van der Waals surface area contributed by atoms with E-state index in [-0.39, 0.29) is 11.3 Å². The van der Waals surface area contributed by atoms with E-state index in [1.54, 1.807) is 24.4 Å². The van der Waals surface area contributed by atoms with E-state index >= 15 is 0 Å². The molecule has 156 valence electrons. The first-order chi connectivity index (χ1) is 15.7. The predicted molar refractivity (Wildman–Crippen MR) is 128 cm³/mol. The number of benzene rings is 4. The number of carbonyl (C=O) groups excluding carboxylic acids is 1. The van der Waals surface area contributed by atoms with Crippen molar-refractivity contribution in [2.45, 2.75) is 6.54 Å². The van der Waals surface area contributed by atoms with Crippen molar-refractivity contribution in [3.05, 3.63) is 114 Å². The van der Waals surface area contributed by atoms with E-state index < -0.39 is 5.91 Å². The normalized spacial score (nSPS) is 11.4. The summed E-state index contributed by atoms with van der Waals surface area (Å²) in [5, 5.41) is 17.5. The number of hydrazone groups is 1. The van der Waals surface area contributed by atoms with Crippen LogP contribution in [0.3, 0.4) is 0 Å². The van der Waals surface area contributed by atoms with Crippen LogP contribution in [0.2, 0.25) is 0 Å². The van der Waals surface area contributed by atoms with Crippen molar-refractivity contribution in [3.63, 3.8) is 0 Å². The quantitative estimate of drug-likeness (QED) is 0.299. The van der Waals surface area contributed by atoms with Gasteiger partial charge >= 0.3 is 0 Å². The molecule has 0 aliphatic heterocycles. The summed E-state index contributed by atoms with van der Waals surface area (Å²) < 4.78 is 2.20. The molecular formula is C27H21N3O2. The van der Waals surface area contributed by atoms with Crippen molar-refractivity contribution in [3.8, 4) is 5.75 Å². The van der Waals surface area contributed by atoms with Crippen LogP contribution in [0.4, 0.5) is 0 Å². The number of fused-ring (bicyclic) bond motifs is 2. The lowest BCUT2D eigenvalue weighted by Gasteiger charge is -2.09. The van der Waals surface area contributed by atoms with Crippen LogP contribution in [0.25, 0.3) is 21.7 Å². The van der Waals surface area contributed by atoms with Gasteiger partial charge in [0.05, 0.1) is 11.8 Å². The van der Waals surface area contributed by atoms with Gasteiger partial charge in [-0.25, -0.2) is 5.43 Å². The summed E-state index contributed by atoms with van der Waals surface area (Å²) >= 11 is 0. The molecule has 32 heavy (non-hydrogen) atoms. The van der Waals surface area contributed by atoms with Gasteiger partial charge in [-0.3, -0.25) is 4.79 Å². The van der Waals surface area contributed by atoms with Gasteiger partial charge in [0.1, 0.15) is 5.75 Å². The van der Waals surface area contributed by atoms with Gasteiger partial charge in [-0.1, -0.05) is 72.8 Å². The van der Waals surface area contributed by atoms with Crippen LogP contribution >= 0.6 is 0 Å². The third-order valence-electron chi connectivity index (χ3n) is 5.56. The molecule has 1 amide bonds. The number of aromatic hydroxyl groups is 1. The van der Waals surface area contributed by atoms with Crippen molar-refractivity contribution in [2.24, 2.45) is 5.10 Å². The zero-order chi connectivity index (χ0) is 21.9. The summed E-state index contributed by atoms with van der Waals surface area (Å²) in [5.41, 5.74) is 5.91. The molecule has 5 aromatic rings. The number of para-hydroxylation sites is 2. The fourth-order valence-electron chi connectivity index (χ4n) is 4.01. The van der Waals surface area contributed by atoms with Crippen LogP contribution in [0, 0.1) is 0 Å². The number of amides is 1. The molecule has 0 bridgehead atoms. The molecule has 0 radical (unpaired) electrons. The Labute approximate surface area is 185 Å². The lowest BCUT2D eigenvalue weighted by Crippen LogP contribution is -2.17. The number of phenols is 1. The van der Waals surface area contributed by atoms with Crippen LogP contribution in [-0.2, 0) is 6.54 Å². The highest BCUT2D eigenvalue weighted by atomic mass is 16.3. The van der Waals surface area contributed by atoms with Crippen LogP contribution in [0.5, 0.6) is 5.75 Å². The SMILES string of the molecule is O=C(N/N=C\c1cn(Cc2cccc3ccccc23)c2ccccc12)c1ccccc1O. The lowest BCUT2D eigenvalue weighted by molar-refractivity contribution is 0.0952. The molecule has 4 aromatic carbocycles. The average Bonchev–Trinajstić information content (AvgIpc) is 3.17. The molecular weight excluding hydrogens is 398 g/mol. The Morgan fingerprint density at radius 1 is 0.875 bits per heavy atom. The number of hydrogen-bond donors (Lipinski definition) is 2. The highest BCUT2D eigenvalue weighted by Crippen LogP contribution is 2.24. The molecule has 0 unspecified atom stereocenters. The molecule has 5 nitrogen and oxygen atoms in total. The third kappa shape index (κ3) is 3.72. The number of carbonyl (C=O) groups is 1. The van der Waals surface area contributed by atoms with Gasteiger partial charge in [0.2, 0.25) is 0 Å². The highest BCUT2D eigenvalue weighted by molar-refractivity contribution is 6.01. The molecule has 1 heterocycles. The third-order valence-corrected chi connectivity index (χ3v) is 5.56. The number of aromatic nitrogens is 1. The molecule has 0 fully saturated rings. The molecule has 0 atom stereocenters. The van der Waals surface area contributed by atoms with E-state index in [9.17, 15) is 9.90 Å². The average molecular weight is 419 g/mol. The van der Waals surface area contributed by atoms with Gasteiger partial charge < -0.3 is 9.67 Å². The second kappa shape index (κ2) is 8.40. The Bertz CT molecular complexity index is 1460. The largest absolute Gasteiger partial charge is 0.507 e.